The van der Waals surface area contributed by atoms with Crippen molar-refractivity contribution in [2.24, 2.45) is 0 Å². The molecule has 0 aliphatic rings. The molecule has 2 aromatic rings. The summed E-state index contributed by atoms with van der Waals surface area (Å²) in [6.07, 6.45) is 0.976. The molecule has 3 heteroatoms. The molecule has 0 fully saturated rings. The number of aryl methyl sites for hydroxylation is 1. The van der Waals surface area contributed by atoms with Crippen LogP contribution in [0.4, 0.5) is 0 Å². The molecule has 0 bridgehead atoms. The van der Waals surface area contributed by atoms with Crippen LogP contribution in [0, 0.1) is 6.92 Å². The van der Waals surface area contributed by atoms with E-state index in [9.17, 15) is 0 Å². The van der Waals surface area contributed by atoms with E-state index in [0.29, 0.717) is 6.04 Å². The van der Waals surface area contributed by atoms with E-state index >= 15 is 0 Å². The van der Waals surface area contributed by atoms with Crippen molar-refractivity contribution in [1.82, 2.24) is 5.32 Å². The van der Waals surface area contributed by atoms with Gasteiger partial charge in [-0.25, -0.2) is 0 Å². The highest BCUT2D eigenvalue weighted by molar-refractivity contribution is 7.10. The fraction of sp³-hybridized carbons (Fsp3) is 0.333. The number of benzene rings is 1. The Morgan fingerprint density at radius 1 is 1.33 bits per heavy atom. The highest BCUT2D eigenvalue weighted by Gasteiger charge is 2.11. The van der Waals surface area contributed by atoms with Crippen LogP contribution in [-0.2, 0) is 6.42 Å². The van der Waals surface area contributed by atoms with Crippen LogP contribution in [0.1, 0.15) is 22.0 Å². The van der Waals surface area contributed by atoms with Gasteiger partial charge in [0.15, 0.2) is 0 Å². The fourth-order valence-corrected chi connectivity index (χ4v) is 2.83. The van der Waals surface area contributed by atoms with Crippen LogP contribution in [-0.4, -0.2) is 14.2 Å². The van der Waals surface area contributed by atoms with Crippen LogP contribution < -0.4 is 10.1 Å². The number of hydrogen-bond donors (Lipinski definition) is 1. The molecule has 2 nitrogen and oxygen atoms in total. The number of rotatable bonds is 5. The van der Waals surface area contributed by atoms with Crippen LogP contribution in [0.5, 0.6) is 5.75 Å². The summed E-state index contributed by atoms with van der Waals surface area (Å²) in [5.74, 6) is 0.920. The molecule has 1 heterocycles. The highest BCUT2D eigenvalue weighted by Crippen LogP contribution is 2.24. The third-order valence-electron chi connectivity index (χ3n) is 3.08. The molecule has 1 aromatic heterocycles. The molecule has 18 heavy (non-hydrogen) atoms. The molecule has 0 aliphatic carbocycles. The third-order valence-corrected chi connectivity index (χ3v) is 3.96. The van der Waals surface area contributed by atoms with Gasteiger partial charge in [0.25, 0.3) is 0 Å². The number of methoxy groups -OCH3 is 1. The zero-order chi connectivity index (χ0) is 13.0. The largest absolute Gasteiger partial charge is 0.497 e. The first-order valence-corrected chi connectivity index (χ1v) is 6.96. The Kier molecular flexibility index (Phi) is 4.39. The van der Waals surface area contributed by atoms with Gasteiger partial charge in [0.2, 0.25) is 0 Å². The Balaban J connectivity index is 2.14. The predicted molar refractivity (Wildman–Crippen MR) is 77.6 cm³/mol. The Bertz CT molecular complexity index is 507. The minimum Gasteiger partial charge on any atom is -0.497 e. The average molecular weight is 261 g/mol. The summed E-state index contributed by atoms with van der Waals surface area (Å²) in [5, 5.41) is 5.62. The first-order valence-electron chi connectivity index (χ1n) is 6.08. The normalized spacial score (nSPS) is 12.4. The zero-order valence-electron chi connectivity index (χ0n) is 11.1. The monoisotopic (exact) mass is 261 g/mol. The molecule has 0 radical (unpaired) electrons. The Morgan fingerprint density at radius 2 is 2.17 bits per heavy atom. The number of nitrogens with one attached hydrogen (secondary N) is 1. The molecular weight excluding hydrogens is 242 g/mol. The van der Waals surface area contributed by atoms with Crippen molar-refractivity contribution in [3.05, 3.63) is 51.7 Å². The maximum atomic E-state index is 5.26. The minimum absolute atomic E-state index is 0.363. The van der Waals surface area contributed by atoms with Gasteiger partial charge in [0, 0.05) is 10.9 Å². The van der Waals surface area contributed by atoms with Crippen molar-refractivity contribution in [3.63, 3.8) is 0 Å². The van der Waals surface area contributed by atoms with E-state index in [1.807, 2.05) is 19.2 Å². The summed E-state index contributed by atoms with van der Waals surface area (Å²) < 4.78 is 5.26. The van der Waals surface area contributed by atoms with Crippen molar-refractivity contribution < 1.29 is 4.74 Å². The molecule has 1 atom stereocenters. The van der Waals surface area contributed by atoms with Gasteiger partial charge in [-0.2, -0.15) is 0 Å². The van der Waals surface area contributed by atoms with Crippen molar-refractivity contribution in [2.45, 2.75) is 19.4 Å². The minimum atomic E-state index is 0.363. The lowest BCUT2D eigenvalue weighted by Gasteiger charge is -2.15. The zero-order valence-corrected chi connectivity index (χ0v) is 11.9. The van der Waals surface area contributed by atoms with E-state index in [-0.39, 0.29) is 0 Å². The Hall–Kier alpha value is -1.32. The average Bonchev–Trinajstić information content (AvgIpc) is 2.82. The van der Waals surface area contributed by atoms with E-state index in [1.165, 1.54) is 16.0 Å². The van der Waals surface area contributed by atoms with Gasteiger partial charge in [-0.3, -0.25) is 0 Å². The molecule has 0 aliphatic heterocycles. The number of hydrogen-bond acceptors (Lipinski definition) is 3. The molecule has 0 saturated carbocycles. The van der Waals surface area contributed by atoms with Crippen LogP contribution in [0.3, 0.4) is 0 Å². The second-order valence-electron chi connectivity index (χ2n) is 4.39. The number of likely N-dealkylation sites (N-methyl/N-ethyl adjacent to an activating group) is 1. The first-order chi connectivity index (χ1) is 8.72. The molecule has 0 saturated heterocycles. The standard InChI is InChI=1S/C15H19NOS/c1-11-7-13(10-18-11)15(16-2)9-12-5-4-6-14(8-12)17-3/h4-8,10,15-16H,9H2,1-3H3. The smallest absolute Gasteiger partial charge is 0.119 e. The van der Waals surface area contributed by atoms with Gasteiger partial charge in [0.05, 0.1) is 7.11 Å². The van der Waals surface area contributed by atoms with Gasteiger partial charge in [-0.05, 0) is 55.1 Å². The van der Waals surface area contributed by atoms with Crippen LogP contribution in [0.2, 0.25) is 0 Å². The summed E-state index contributed by atoms with van der Waals surface area (Å²) in [7, 11) is 3.72. The van der Waals surface area contributed by atoms with Crippen LogP contribution in [0.15, 0.2) is 35.7 Å². The lowest BCUT2D eigenvalue weighted by atomic mass is 10.0. The fourth-order valence-electron chi connectivity index (χ4n) is 2.07. The number of ether oxygens (including phenoxy) is 1. The summed E-state index contributed by atoms with van der Waals surface area (Å²) in [6, 6.07) is 10.9. The quantitative estimate of drug-likeness (QED) is 0.888. The summed E-state index contributed by atoms with van der Waals surface area (Å²) >= 11 is 1.80. The van der Waals surface area contributed by atoms with E-state index in [0.717, 1.165) is 12.2 Å². The lowest BCUT2D eigenvalue weighted by molar-refractivity contribution is 0.414. The molecular formula is C15H19NOS. The van der Waals surface area contributed by atoms with Gasteiger partial charge < -0.3 is 10.1 Å². The van der Waals surface area contributed by atoms with E-state index in [1.54, 1.807) is 18.4 Å². The molecule has 0 amide bonds. The molecule has 1 aromatic carbocycles. The first kappa shape index (κ1) is 13.1. The number of thiophene rings is 1. The van der Waals surface area contributed by atoms with E-state index in [4.69, 9.17) is 4.74 Å². The highest BCUT2D eigenvalue weighted by atomic mass is 32.1. The van der Waals surface area contributed by atoms with E-state index < -0.39 is 0 Å². The van der Waals surface area contributed by atoms with Gasteiger partial charge >= 0.3 is 0 Å². The van der Waals surface area contributed by atoms with Crippen LogP contribution in [0.25, 0.3) is 0 Å². The second kappa shape index (κ2) is 6.03. The topological polar surface area (TPSA) is 21.3 Å². The van der Waals surface area contributed by atoms with Gasteiger partial charge in [0.1, 0.15) is 5.75 Å². The molecule has 2 rings (SSSR count). The van der Waals surface area contributed by atoms with Crippen molar-refractivity contribution >= 4 is 11.3 Å². The Morgan fingerprint density at radius 3 is 2.78 bits per heavy atom. The molecule has 1 N–H and O–H groups in total. The molecule has 96 valence electrons. The summed E-state index contributed by atoms with van der Waals surface area (Å²) in [4.78, 5) is 1.36. The van der Waals surface area contributed by atoms with Gasteiger partial charge in [-0.1, -0.05) is 12.1 Å². The molecule has 0 spiro atoms. The van der Waals surface area contributed by atoms with Gasteiger partial charge in [-0.15, -0.1) is 11.3 Å². The maximum Gasteiger partial charge on any atom is 0.119 e. The predicted octanol–water partition coefficient (Wildman–Crippen LogP) is 3.57. The van der Waals surface area contributed by atoms with Crippen molar-refractivity contribution in [3.8, 4) is 5.75 Å². The maximum absolute atomic E-state index is 5.26. The Labute approximate surface area is 113 Å². The van der Waals surface area contributed by atoms with Crippen LogP contribution >= 0.6 is 11.3 Å². The van der Waals surface area contributed by atoms with Crippen molar-refractivity contribution in [1.29, 1.82) is 0 Å². The third kappa shape index (κ3) is 3.12. The lowest BCUT2D eigenvalue weighted by Crippen LogP contribution is -2.18. The van der Waals surface area contributed by atoms with E-state index in [2.05, 4.69) is 35.8 Å². The summed E-state index contributed by atoms with van der Waals surface area (Å²) in [5.41, 5.74) is 2.65. The molecule has 1 unspecified atom stereocenters. The SMILES string of the molecule is CNC(Cc1cccc(OC)c1)c1csc(C)c1. The van der Waals surface area contributed by atoms with Crippen molar-refractivity contribution in [2.75, 3.05) is 14.2 Å². The second-order valence-corrected chi connectivity index (χ2v) is 5.50. The summed E-state index contributed by atoms with van der Waals surface area (Å²) in [6.45, 7) is 2.15.